The molecule has 0 saturated carbocycles. The Balaban J connectivity index is 1.97. The third-order valence-corrected chi connectivity index (χ3v) is 3.92. The maximum absolute atomic E-state index is 5.38. The summed E-state index contributed by atoms with van der Waals surface area (Å²) < 4.78 is 5.22. The number of hydrogen-bond donors (Lipinski definition) is 2. The van der Waals surface area contributed by atoms with E-state index in [1.807, 2.05) is 24.3 Å². The fourth-order valence-electron chi connectivity index (χ4n) is 2.23. The molecule has 0 aliphatic carbocycles. The Labute approximate surface area is 137 Å². The van der Waals surface area contributed by atoms with Gasteiger partial charge in [-0.25, -0.2) is 0 Å². The van der Waals surface area contributed by atoms with Crippen molar-refractivity contribution in [1.82, 2.24) is 5.32 Å². The summed E-state index contributed by atoms with van der Waals surface area (Å²) in [5.41, 5.74) is 5.90. The van der Waals surface area contributed by atoms with Gasteiger partial charge in [-0.2, -0.15) is 0 Å². The average Bonchev–Trinajstić information content (AvgIpc) is 2.51. The fourth-order valence-corrected chi connectivity index (χ4v) is 2.41. The van der Waals surface area contributed by atoms with E-state index in [1.54, 1.807) is 7.11 Å². The highest BCUT2D eigenvalue weighted by Crippen LogP contribution is 2.20. The molecule has 3 nitrogen and oxygen atoms in total. The first kappa shape index (κ1) is 16.3. The zero-order chi connectivity index (χ0) is 16.1. The summed E-state index contributed by atoms with van der Waals surface area (Å²) >= 11 is 5.38. The van der Waals surface area contributed by atoms with E-state index in [0.29, 0.717) is 11.7 Å². The van der Waals surface area contributed by atoms with Crippen LogP contribution in [0, 0.1) is 20.8 Å². The summed E-state index contributed by atoms with van der Waals surface area (Å²) in [6, 6.07) is 12.2. The molecule has 0 spiro atoms. The summed E-state index contributed by atoms with van der Waals surface area (Å²) in [4.78, 5) is 0. The van der Waals surface area contributed by atoms with Gasteiger partial charge in [0.25, 0.3) is 0 Å². The van der Waals surface area contributed by atoms with E-state index in [-0.39, 0.29) is 0 Å². The van der Waals surface area contributed by atoms with Crippen molar-refractivity contribution in [3.05, 3.63) is 58.7 Å². The average molecular weight is 314 g/mol. The number of aryl methyl sites for hydroxylation is 3. The number of anilines is 1. The van der Waals surface area contributed by atoms with E-state index in [9.17, 15) is 0 Å². The molecule has 0 aliphatic heterocycles. The summed E-state index contributed by atoms with van der Waals surface area (Å²) in [6.45, 7) is 6.96. The SMILES string of the molecule is COc1cccc(CNC(=S)Nc2cc(C)c(C)cc2C)c1. The molecule has 0 unspecified atom stereocenters. The molecule has 2 N–H and O–H groups in total. The van der Waals surface area contributed by atoms with Gasteiger partial charge in [-0.05, 0) is 73.4 Å². The smallest absolute Gasteiger partial charge is 0.171 e. The first-order valence-electron chi connectivity index (χ1n) is 7.25. The molecule has 0 amide bonds. The number of rotatable bonds is 4. The van der Waals surface area contributed by atoms with Gasteiger partial charge >= 0.3 is 0 Å². The molecule has 0 aromatic heterocycles. The number of nitrogens with one attached hydrogen (secondary N) is 2. The van der Waals surface area contributed by atoms with Gasteiger partial charge in [0.15, 0.2) is 5.11 Å². The molecule has 0 radical (unpaired) electrons. The van der Waals surface area contributed by atoms with Crippen LogP contribution in [0.4, 0.5) is 5.69 Å². The van der Waals surface area contributed by atoms with Crippen molar-refractivity contribution in [3.8, 4) is 5.75 Å². The van der Waals surface area contributed by atoms with Crippen molar-refractivity contribution >= 4 is 23.0 Å². The summed E-state index contributed by atoms with van der Waals surface area (Å²) in [5.74, 6) is 0.850. The van der Waals surface area contributed by atoms with Crippen molar-refractivity contribution in [1.29, 1.82) is 0 Å². The summed E-state index contributed by atoms with van der Waals surface area (Å²) in [7, 11) is 1.67. The lowest BCUT2D eigenvalue weighted by Gasteiger charge is -2.14. The Morgan fingerprint density at radius 2 is 1.77 bits per heavy atom. The molecule has 116 valence electrons. The van der Waals surface area contributed by atoms with Crippen LogP contribution in [-0.4, -0.2) is 12.2 Å². The fraction of sp³-hybridized carbons (Fsp3) is 0.278. The monoisotopic (exact) mass is 314 g/mol. The molecule has 2 aromatic carbocycles. The number of benzene rings is 2. The van der Waals surface area contributed by atoms with Crippen molar-refractivity contribution in [2.24, 2.45) is 0 Å². The van der Waals surface area contributed by atoms with E-state index in [2.05, 4.69) is 43.5 Å². The van der Waals surface area contributed by atoms with Crippen LogP contribution >= 0.6 is 12.2 Å². The molecule has 0 heterocycles. The Bertz CT molecular complexity index is 683. The Morgan fingerprint density at radius 1 is 1.05 bits per heavy atom. The molecule has 0 saturated heterocycles. The van der Waals surface area contributed by atoms with Crippen LogP contribution in [0.15, 0.2) is 36.4 Å². The van der Waals surface area contributed by atoms with Crippen molar-refractivity contribution in [2.75, 3.05) is 12.4 Å². The number of thiocarbonyl (C=S) groups is 1. The van der Waals surface area contributed by atoms with Crippen LogP contribution < -0.4 is 15.4 Å². The summed E-state index contributed by atoms with van der Waals surface area (Å²) in [5, 5.41) is 7.11. The Kier molecular flexibility index (Phi) is 5.39. The third-order valence-electron chi connectivity index (χ3n) is 3.68. The van der Waals surface area contributed by atoms with Crippen LogP contribution in [0.25, 0.3) is 0 Å². The summed E-state index contributed by atoms with van der Waals surface area (Å²) in [6.07, 6.45) is 0. The second kappa shape index (κ2) is 7.27. The van der Waals surface area contributed by atoms with Crippen molar-refractivity contribution in [3.63, 3.8) is 0 Å². The standard InChI is InChI=1S/C18H22N2OS/c1-12-8-14(3)17(9-13(12)2)20-18(22)19-11-15-6-5-7-16(10-15)21-4/h5-10H,11H2,1-4H3,(H2,19,20,22). The largest absolute Gasteiger partial charge is 0.497 e. The number of ether oxygens (including phenoxy) is 1. The highest BCUT2D eigenvalue weighted by molar-refractivity contribution is 7.80. The lowest BCUT2D eigenvalue weighted by atomic mass is 10.1. The van der Waals surface area contributed by atoms with Crippen LogP contribution in [0.2, 0.25) is 0 Å². The van der Waals surface area contributed by atoms with Crippen LogP contribution in [-0.2, 0) is 6.54 Å². The van der Waals surface area contributed by atoms with Gasteiger partial charge in [0.1, 0.15) is 5.75 Å². The second-order valence-electron chi connectivity index (χ2n) is 5.41. The molecule has 0 aliphatic rings. The molecule has 22 heavy (non-hydrogen) atoms. The lowest BCUT2D eigenvalue weighted by molar-refractivity contribution is 0.414. The molecular weight excluding hydrogens is 292 g/mol. The maximum atomic E-state index is 5.38. The molecule has 2 rings (SSSR count). The number of methoxy groups -OCH3 is 1. The lowest BCUT2D eigenvalue weighted by Crippen LogP contribution is -2.28. The number of hydrogen-bond acceptors (Lipinski definition) is 2. The van der Waals surface area contributed by atoms with Gasteiger partial charge in [-0.3, -0.25) is 0 Å². The van der Waals surface area contributed by atoms with Gasteiger partial charge < -0.3 is 15.4 Å². The Hall–Kier alpha value is -2.07. The van der Waals surface area contributed by atoms with E-state index < -0.39 is 0 Å². The zero-order valence-electron chi connectivity index (χ0n) is 13.5. The van der Waals surface area contributed by atoms with E-state index in [0.717, 1.165) is 17.0 Å². The van der Waals surface area contributed by atoms with Crippen LogP contribution in [0.3, 0.4) is 0 Å². The molecular formula is C18H22N2OS. The normalized spacial score (nSPS) is 10.2. The Morgan fingerprint density at radius 3 is 2.50 bits per heavy atom. The quantitative estimate of drug-likeness (QED) is 0.832. The first-order valence-corrected chi connectivity index (χ1v) is 7.66. The zero-order valence-corrected chi connectivity index (χ0v) is 14.3. The van der Waals surface area contributed by atoms with Crippen molar-refractivity contribution in [2.45, 2.75) is 27.3 Å². The minimum absolute atomic E-state index is 0.620. The van der Waals surface area contributed by atoms with Gasteiger partial charge in [0.05, 0.1) is 7.11 Å². The molecule has 2 aromatic rings. The van der Waals surface area contributed by atoms with Gasteiger partial charge in [0.2, 0.25) is 0 Å². The third kappa shape index (κ3) is 4.21. The predicted molar refractivity (Wildman–Crippen MR) is 96.7 cm³/mol. The first-order chi connectivity index (χ1) is 10.5. The molecule has 0 atom stereocenters. The topological polar surface area (TPSA) is 33.3 Å². The molecule has 4 heteroatoms. The van der Waals surface area contributed by atoms with Gasteiger partial charge in [-0.15, -0.1) is 0 Å². The van der Waals surface area contributed by atoms with Gasteiger partial charge in [0, 0.05) is 12.2 Å². The minimum atomic E-state index is 0.620. The molecule has 0 fully saturated rings. The predicted octanol–water partition coefficient (Wildman–Crippen LogP) is 4.11. The van der Waals surface area contributed by atoms with E-state index >= 15 is 0 Å². The second-order valence-corrected chi connectivity index (χ2v) is 5.82. The highest BCUT2D eigenvalue weighted by atomic mass is 32.1. The highest BCUT2D eigenvalue weighted by Gasteiger charge is 2.04. The van der Waals surface area contributed by atoms with Crippen LogP contribution in [0.1, 0.15) is 22.3 Å². The maximum Gasteiger partial charge on any atom is 0.171 e. The van der Waals surface area contributed by atoms with Gasteiger partial charge in [-0.1, -0.05) is 18.2 Å². The van der Waals surface area contributed by atoms with E-state index in [4.69, 9.17) is 17.0 Å². The van der Waals surface area contributed by atoms with Crippen LogP contribution in [0.5, 0.6) is 5.75 Å². The van der Waals surface area contributed by atoms with Crippen molar-refractivity contribution < 1.29 is 4.74 Å². The van der Waals surface area contributed by atoms with E-state index in [1.165, 1.54) is 16.7 Å². The minimum Gasteiger partial charge on any atom is -0.497 e. The molecule has 0 bridgehead atoms.